The van der Waals surface area contributed by atoms with Crippen molar-refractivity contribution in [3.8, 4) is 0 Å². The summed E-state index contributed by atoms with van der Waals surface area (Å²) >= 11 is 3.30. The Kier molecular flexibility index (Phi) is 5.63. The largest absolute Gasteiger partial charge is 0.336 e. The Bertz CT molecular complexity index is 700. The van der Waals surface area contributed by atoms with Gasteiger partial charge in [-0.3, -0.25) is 9.69 Å². The number of rotatable bonds is 4. The van der Waals surface area contributed by atoms with E-state index in [1.54, 1.807) is 17.0 Å². The molecule has 0 bridgehead atoms. The van der Waals surface area contributed by atoms with Crippen LogP contribution in [0.15, 0.2) is 53.0 Å². The minimum atomic E-state index is -0.463. The van der Waals surface area contributed by atoms with E-state index in [1.807, 2.05) is 6.07 Å². The van der Waals surface area contributed by atoms with Crippen molar-refractivity contribution < 1.29 is 9.18 Å². The maximum absolute atomic E-state index is 13.9. The van der Waals surface area contributed by atoms with Crippen LogP contribution < -0.4 is 0 Å². The maximum atomic E-state index is 13.9. The van der Waals surface area contributed by atoms with Crippen molar-refractivity contribution in [3.05, 3.63) is 69.9 Å². The summed E-state index contributed by atoms with van der Waals surface area (Å²) in [6, 6.07) is 14.9. The molecule has 0 N–H and O–H groups in total. The average Bonchev–Trinajstić information content (AvgIpc) is 2.63. The summed E-state index contributed by atoms with van der Waals surface area (Å²) in [7, 11) is 0. The van der Waals surface area contributed by atoms with E-state index in [9.17, 15) is 9.18 Å². The van der Waals surface area contributed by atoms with Crippen molar-refractivity contribution in [1.82, 2.24) is 9.80 Å². The normalized spacial score (nSPS) is 15.5. The van der Waals surface area contributed by atoms with Gasteiger partial charge in [0.2, 0.25) is 0 Å². The van der Waals surface area contributed by atoms with Crippen molar-refractivity contribution in [2.24, 2.45) is 0 Å². The molecule has 1 amide bonds. The Morgan fingerprint density at radius 2 is 1.75 bits per heavy atom. The van der Waals surface area contributed by atoms with Gasteiger partial charge in [0.25, 0.3) is 5.91 Å². The summed E-state index contributed by atoms with van der Waals surface area (Å²) < 4.78 is 14.6. The van der Waals surface area contributed by atoms with Crippen LogP contribution >= 0.6 is 15.9 Å². The molecule has 1 saturated heterocycles. The molecular formula is C19H20BrFN2O. The smallest absolute Gasteiger partial charge is 0.256 e. The molecule has 1 aliphatic heterocycles. The number of amides is 1. The maximum Gasteiger partial charge on any atom is 0.256 e. The van der Waals surface area contributed by atoms with Crippen LogP contribution in [0, 0.1) is 5.82 Å². The summed E-state index contributed by atoms with van der Waals surface area (Å²) in [5, 5.41) is 0. The zero-order chi connectivity index (χ0) is 16.9. The standard InChI is InChI=1S/C19H20BrFN2O/c20-16-6-7-18(21)17(14-16)19(24)23-12-10-22(11-13-23)9-8-15-4-2-1-3-5-15/h1-7,14H,8-13H2. The molecule has 1 fully saturated rings. The lowest BCUT2D eigenvalue weighted by atomic mass is 10.1. The predicted octanol–water partition coefficient (Wildman–Crippen LogP) is 3.59. The molecule has 2 aromatic rings. The molecule has 0 spiro atoms. The summed E-state index contributed by atoms with van der Waals surface area (Å²) in [4.78, 5) is 16.6. The summed E-state index contributed by atoms with van der Waals surface area (Å²) in [6.45, 7) is 3.92. The van der Waals surface area contributed by atoms with Crippen molar-refractivity contribution in [1.29, 1.82) is 0 Å². The summed E-state index contributed by atoms with van der Waals surface area (Å²) in [5.41, 5.74) is 1.47. The molecule has 3 rings (SSSR count). The minimum Gasteiger partial charge on any atom is -0.336 e. The van der Waals surface area contributed by atoms with Crippen LogP contribution in [0.25, 0.3) is 0 Å². The number of nitrogens with zero attached hydrogens (tertiary/aromatic N) is 2. The Labute approximate surface area is 150 Å². The van der Waals surface area contributed by atoms with E-state index in [4.69, 9.17) is 0 Å². The zero-order valence-electron chi connectivity index (χ0n) is 13.4. The third-order valence-electron chi connectivity index (χ3n) is 4.38. The summed E-state index contributed by atoms with van der Waals surface area (Å²) in [5.74, 6) is -0.689. The van der Waals surface area contributed by atoms with Crippen molar-refractivity contribution in [3.63, 3.8) is 0 Å². The molecule has 2 aromatic carbocycles. The Morgan fingerprint density at radius 1 is 1.04 bits per heavy atom. The monoisotopic (exact) mass is 390 g/mol. The number of halogens is 2. The lowest BCUT2D eigenvalue weighted by Gasteiger charge is -2.34. The van der Waals surface area contributed by atoms with E-state index in [-0.39, 0.29) is 11.5 Å². The first kappa shape index (κ1) is 17.1. The Balaban J connectivity index is 1.53. The predicted molar refractivity (Wildman–Crippen MR) is 96.6 cm³/mol. The molecule has 0 saturated carbocycles. The molecule has 0 aromatic heterocycles. The third-order valence-corrected chi connectivity index (χ3v) is 4.87. The van der Waals surface area contributed by atoms with Crippen LogP contribution in [0.1, 0.15) is 15.9 Å². The molecule has 24 heavy (non-hydrogen) atoms. The number of hydrogen-bond donors (Lipinski definition) is 0. The van der Waals surface area contributed by atoms with Gasteiger partial charge in [0.05, 0.1) is 5.56 Å². The fraction of sp³-hybridized carbons (Fsp3) is 0.316. The highest BCUT2D eigenvalue weighted by atomic mass is 79.9. The molecule has 0 atom stereocenters. The topological polar surface area (TPSA) is 23.6 Å². The van der Waals surface area contributed by atoms with Crippen LogP contribution in [-0.4, -0.2) is 48.4 Å². The molecule has 5 heteroatoms. The number of benzene rings is 2. The SMILES string of the molecule is O=C(c1cc(Br)ccc1F)N1CCN(CCc2ccccc2)CC1. The molecular weight excluding hydrogens is 371 g/mol. The lowest BCUT2D eigenvalue weighted by Crippen LogP contribution is -2.49. The minimum absolute atomic E-state index is 0.141. The van der Waals surface area contributed by atoms with Crippen LogP contribution in [0.5, 0.6) is 0 Å². The van der Waals surface area contributed by atoms with Crippen LogP contribution in [0.2, 0.25) is 0 Å². The number of carbonyl (C=O) groups excluding carboxylic acids is 1. The van der Waals surface area contributed by atoms with Gasteiger partial charge < -0.3 is 4.90 Å². The van der Waals surface area contributed by atoms with Gasteiger partial charge in [0, 0.05) is 37.2 Å². The quantitative estimate of drug-likeness (QED) is 0.796. The first-order valence-corrected chi connectivity index (χ1v) is 8.93. The zero-order valence-corrected chi connectivity index (χ0v) is 15.0. The van der Waals surface area contributed by atoms with Crippen molar-refractivity contribution >= 4 is 21.8 Å². The van der Waals surface area contributed by atoms with Gasteiger partial charge in [-0.05, 0) is 30.2 Å². The van der Waals surface area contributed by atoms with E-state index < -0.39 is 5.82 Å². The summed E-state index contributed by atoms with van der Waals surface area (Å²) in [6.07, 6.45) is 1.01. The lowest BCUT2D eigenvalue weighted by molar-refractivity contribution is 0.0634. The van der Waals surface area contributed by atoms with E-state index in [1.165, 1.54) is 11.6 Å². The second-order valence-electron chi connectivity index (χ2n) is 5.99. The van der Waals surface area contributed by atoms with Crippen molar-refractivity contribution in [2.45, 2.75) is 6.42 Å². The van der Waals surface area contributed by atoms with E-state index in [0.29, 0.717) is 17.6 Å². The van der Waals surface area contributed by atoms with Crippen LogP contribution in [0.4, 0.5) is 4.39 Å². The van der Waals surface area contributed by atoms with Gasteiger partial charge in [-0.2, -0.15) is 0 Å². The first-order chi connectivity index (χ1) is 11.6. The van der Waals surface area contributed by atoms with E-state index in [2.05, 4.69) is 45.1 Å². The Morgan fingerprint density at radius 3 is 2.46 bits per heavy atom. The second-order valence-corrected chi connectivity index (χ2v) is 6.91. The van der Waals surface area contributed by atoms with Gasteiger partial charge in [-0.25, -0.2) is 4.39 Å². The Hall–Kier alpha value is -1.72. The van der Waals surface area contributed by atoms with Gasteiger partial charge in [0.15, 0.2) is 0 Å². The van der Waals surface area contributed by atoms with Gasteiger partial charge in [0.1, 0.15) is 5.82 Å². The number of hydrogen-bond acceptors (Lipinski definition) is 2. The second kappa shape index (κ2) is 7.90. The molecule has 1 aliphatic rings. The average molecular weight is 391 g/mol. The molecule has 0 aliphatic carbocycles. The highest BCUT2D eigenvalue weighted by molar-refractivity contribution is 9.10. The van der Waals surface area contributed by atoms with Crippen molar-refractivity contribution in [2.75, 3.05) is 32.7 Å². The molecule has 0 radical (unpaired) electrons. The first-order valence-electron chi connectivity index (χ1n) is 8.14. The van der Waals surface area contributed by atoms with Gasteiger partial charge in [-0.1, -0.05) is 46.3 Å². The molecule has 0 unspecified atom stereocenters. The van der Waals surface area contributed by atoms with E-state index in [0.717, 1.165) is 26.1 Å². The highest BCUT2D eigenvalue weighted by Crippen LogP contribution is 2.18. The van der Waals surface area contributed by atoms with Crippen LogP contribution in [0.3, 0.4) is 0 Å². The van der Waals surface area contributed by atoms with Gasteiger partial charge >= 0.3 is 0 Å². The molecule has 1 heterocycles. The number of carbonyl (C=O) groups is 1. The fourth-order valence-electron chi connectivity index (χ4n) is 2.94. The van der Waals surface area contributed by atoms with Crippen LogP contribution in [-0.2, 0) is 6.42 Å². The van der Waals surface area contributed by atoms with E-state index >= 15 is 0 Å². The molecule has 126 valence electrons. The number of piperazine rings is 1. The fourth-order valence-corrected chi connectivity index (χ4v) is 3.30. The highest BCUT2D eigenvalue weighted by Gasteiger charge is 2.24. The molecule has 3 nitrogen and oxygen atoms in total. The van der Waals surface area contributed by atoms with Gasteiger partial charge in [-0.15, -0.1) is 0 Å². The third kappa shape index (κ3) is 4.22.